The molecule has 1 aliphatic carbocycles. The average Bonchev–Trinajstić information content (AvgIpc) is 2.85. The second kappa shape index (κ2) is 7.81. The van der Waals surface area contributed by atoms with Crippen LogP contribution >= 0.6 is 11.3 Å². The summed E-state index contributed by atoms with van der Waals surface area (Å²) in [5.41, 5.74) is 1.76. The highest BCUT2D eigenvalue weighted by molar-refractivity contribution is 7.16. The number of thiophene rings is 1. The highest BCUT2D eigenvalue weighted by atomic mass is 32.1. The number of nitrogens with one attached hydrogen (secondary N) is 1. The van der Waals surface area contributed by atoms with Crippen molar-refractivity contribution in [3.8, 4) is 11.8 Å². The van der Waals surface area contributed by atoms with Gasteiger partial charge in [-0.25, -0.2) is 0 Å². The molecular formula is C22H20N2O2S. The summed E-state index contributed by atoms with van der Waals surface area (Å²) in [6.07, 6.45) is 5.38. The van der Waals surface area contributed by atoms with Gasteiger partial charge in [0.05, 0.1) is 5.56 Å². The largest absolute Gasteiger partial charge is 0.483 e. The van der Waals surface area contributed by atoms with Crippen LogP contribution in [0.3, 0.4) is 0 Å². The van der Waals surface area contributed by atoms with Gasteiger partial charge < -0.3 is 10.1 Å². The van der Waals surface area contributed by atoms with Crippen molar-refractivity contribution in [3.63, 3.8) is 0 Å². The first-order valence-corrected chi connectivity index (χ1v) is 10.0. The highest BCUT2D eigenvalue weighted by Crippen LogP contribution is 2.37. The molecule has 4 nitrogen and oxygen atoms in total. The number of anilines is 1. The first-order chi connectivity index (χ1) is 13.3. The number of hydrogen-bond acceptors (Lipinski definition) is 4. The van der Waals surface area contributed by atoms with Crippen molar-refractivity contribution in [2.45, 2.75) is 32.1 Å². The van der Waals surface area contributed by atoms with Crippen molar-refractivity contribution in [3.05, 3.63) is 58.5 Å². The fourth-order valence-corrected chi connectivity index (χ4v) is 4.83. The fraction of sp³-hybridized carbons (Fsp3) is 0.273. The maximum atomic E-state index is 12.4. The molecule has 0 saturated heterocycles. The van der Waals surface area contributed by atoms with Gasteiger partial charge in [0.2, 0.25) is 0 Å². The van der Waals surface area contributed by atoms with Crippen LogP contribution in [0, 0.1) is 11.3 Å². The van der Waals surface area contributed by atoms with Gasteiger partial charge in [0, 0.05) is 10.3 Å². The summed E-state index contributed by atoms with van der Waals surface area (Å²) in [7, 11) is 0. The Balaban J connectivity index is 1.48. The Morgan fingerprint density at radius 3 is 2.81 bits per heavy atom. The van der Waals surface area contributed by atoms with Gasteiger partial charge in [-0.2, -0.15) is 5.26 Å². The van der Waals surface area contributed by atoms with Gasteiger partial charge in [-0.3, -0.25) is 4.79 Å². The minimum Gasteiger partial charge on any atom is -0.483 e. The van der Waals surface area contributed by atoms with Crippen molar-refractivity contribution >= 4 is 33.0 Å². The molecule has 0 spiro atoms. The number of benzene rings is 2. The van der Waals surface area contributed by atoms with E-state index in [1.54, 1.807) is 11.3 Å². The van der Waals surface area contributed by atoms with Gasteiger partial charge in [0.15, 0.2) is 6.61 Å². The standard InChI is InChI=1S/C22H20N2O2S/c23-13-18-17-10-2-1-3-12-20(17)27-22(18)24-21(25)14-26-19-11-6-8-15-7-4-5-9-16(15)19/h4-9,11H,1-3,10,12,14H2,(H,24,25). The molecule has 1 amide bonds. The molecule has 27 heavy (non-hydrogen) atoms. The topological polar surface area (TPSA) is 62.1 Å². The molecule has 0 saturated carbocycles. The van der Waals surface area contributed by atoms with Crippen LogP contribution in [0.2, 0.25) is 0 Å². The van der Waals surface area contributed by atoms with Crippen LogP contribution in [0.15, 0.2) is 42.5 Å². The lowest BCUT2D eigenvalue weighted by atomic mass is 10.1. The van der Waals surface area contributed by atoms with Gasteiger partial charge in [0.1, 0.15) is 16.8 Å². The lowest BCUT2D eigenvalue weighted by molar-refractivity contribution is -0.118. The lowest BCUT2D eigenvalue weighted by Gasteiger charge is -2.09. The predicted molar refractivity (Wildman–Crippen MR) is 108 cm³/mol. The molecule has 0 aliphatic heterocycles. The van der Waals surface area contributed by atoms with Crippen LogP contribution in [0.25, 0.3) is 10.8 Å². The molecule has 0 atom stereocenters. The molecule has 1 aliphatic rings. The summed E-state index contributed by atoms with van der Waals surface area (Å²) in [5, 5.41) is 15.2. The second-order valence-corrected chi connectivity index (χ2v) is 7.80. The van der Waals surface area contributed by atoms with Crippen molar-refractivity contribution in [1.82, 2.24) is 0 Å². The van der Waals surface area contributed by atoms with Crippen LogP contribution in [-0.4, -0.2) is 12.5 Å². The monoisotopic (exact) mass is 376 g/mol. The number of rotatable bonds is 4. The van der Waals surface area contributed by atoms with E-state index in [1.807, 2.05) is 42.5 Å². The average molecular weight is 376 g/mol. The molecule has 0 unspecified atom stereocenters. The molecule has 0 bridgehead atoms. The van der Waals surface area contributed by atoms with E-state index in [-0.39, 0.29) is 12.5 Å². The zero-order valence-corrected chi connectivity index (χ0v) is 15.8. The minimum absolute atomic E-state index is 0.0819. The molecule has 0 radical (unpaired) electrons. The Hall–Kier alpha value is -2.84. The summed E-state index contributed by atoms with van der Waals surface area (Å²) in [6.45, 7) is -0.0819. The van der Waals surface area contributed by atoms with Crippen LogP contribution in [0.1, 0.15) is 35.3 Å². The van der Waals surface area contributed by atoms with E-state index in [9.17, 15) is 10.1 Å². The molecule has 1 aromatic heterocycles. The Morgan fingerprint density at radius 2 is 1.93 bits per heavy atom. The Bertz CT molecular complexity index is 1030. The third-order valence-corrected chi connectivity index (χ3v) is 6.10. The number of carbonyl (C=O) groups excluding carboxylic acids is 1. The van der Waals surface area contributed by atoms with Crippen molar-refractivity contribution < 1.29 is 9.53 Å². The molecule has 5 heteroatoms. The van der Waals surface area contributed by atoms with E-state index < -0.39 is 0 Å². The maximum Gasteiger partial charge on any atom is 0.262 e. The molecule has 136 valence electrons. The molecular weight excluding hydrogens is 356 g/mol. The summed E-state index contributed by atoms with van der Waals surface area (Å²) < 4.78 is 5.76. The number of nitrogens with zero attached hydrogens (tertiary/aromatic N) is 1. The van der Waals surface area contributed by atoms with E-state index in [0.29, 0.717) is 16.3 Å². The fourth-order valence-electron chi connectivity index (χ4n) is 3.58. The third-order valence-electron chi connectivity index (χ3n) is 4.89. The molecule has 3 aromatic rings. The van der Waals surface area contributed by atoms with Gasteiger partial charge in [0.25, 0.3) is 5.91 Å². The quantitative estimate of drug-likeness (QED) is 0.648. The zero-order chi connectivity index (χ0) is 18.6. The normalized spacial score (nSPS) is 13.4. The number of hydrogen-bond donors (Lipinski definition) is 1. The van der Waals surface area contributed by atoms with E-state index in [0.717, 1.165) is 42.0 Å². The van der Waals surface area contributed by atoms with E-state index >= 15 is 0 Å². The first kappa shape index (κ1) is 17.6. The van der Waals surface area contributed by atoms with Gasteiger partial charge in [-0.15, -0.1) is 11.3 Å². The minimum atomic E-state index is -0.240. The van der Waals surface area contributed by atoms with Crippen LogP contribution in [0.4, 0.5) is 5.00 Å². The summed E-state index contributed by atoms with van der Waals surface area (Å²) in [5.74, 6) is 0.446. The van der Waals surface area contributed by atoms with Crippen LogP contribution < -0.4 is 10.1 Å². The highest BCUT2D eigenvalue weighted by Gasteiger charge is 2.21. The molecule has 2 aromatic carbocycles. The summed E-state index contributed by atoms with van der Waals surface area (Å²) in [6, 6.07) is 16.0. The third kappa shape index (κ3) is 3.67. The van der Waals surface area contributed by atoms with Crippen LogP contribution in [-0.2, 0) is 17.6 Å². The Labute approximate surface area is 162 Å². The number of ether oxygens (including phenoxy) is 1. The Morgan fingerprint density at radius 1 is 1.11 bits per heavy atom. The number of nitriles is 1. The van der Waals surface area contributed by atoms with E-state index in [4.69, 9.17) is 4.74 Å². The van der Waals surface area contributed by atoms with Crippen LogP contribution in [0.5, 0.6) is 5.75 Å². The smallest absolute Gasteiger partial charge is 0.262 e. The van der Waals surface area contributed by atoms with Gasteiger partial charge in [-0.05, 0) is 42.7 Å². The molecule has 1 N–H and O–H groups in total. The van der Waals surface area contributed by atoms with Crippen molar-refractivity contribution in [2.75, 3.05) is 11.9 Å². The second-order valence-electron chi connectivity index (χ2n) is 6.69. The maximum absolute atomic E-state index is 12.4. The number of carbonyl (C=O) groups is 1. The van der Waals surface area contributed by atoms with E-state index in [1.165, 1.54) is 11.3 Å². The van der Waals surface area contributed by atoms with E-state index in [2.05, 4.69) is 11.4 Å². The number of amides is 1. The van der Waals surface area contributed by atoms with Crippen molar-refractivity contribution in [2.24, 2.45) is 0 Å². The summed E-state index contributed by atoms with van der Waals surface area (Å²) in [4.78, 5) is 13.7. The Kier molecular flexibility index (Phi) is 5.08. The van der Waals surface area contributed by atoms with Gasteiger partial charge >= 0.3 is 0 Å². The lowest BCUT2D eigenvalue weighted by Crippen LogP contribution is -2.20. The molecule has 4 rings (SSSR count). The molecule has 0 fully saturated rings. The zero-order valence-electron chi connectivity index (χ0n) is 15.0. The SMILES string of the molecule is N#Cc1c(NC(=O)COc2cccc3ccccc23)sc2c1CCCCC2. The van der Waals surface area contributed by atoms with Gasteiger partial charge in [-0.1, -0.05) is 42.8 Å². The summed E-state index contributed by atoms with van der Waals surface area (Å²) >= 11 is 1.54. The first-order valence-electron chi connectivity index (χ1n) is 9.21. The predicted octanol–water partition coefficient (Wildman–Crippen LogP) is 5.06. The number of fused-ring (bicyclic) bond motifs is 2. The van der Waals surface area contributed by atoms with Crippen molar-refractivity contribution in [1.29, 1.82) is 5.26 Å². The molecule has 1 heterocycles. The number of aryl methyl sites for hydroxylation is 1.